The molecular weight excluding hydrogens is 399 g/mol. The zero-order valence-electron chi connectivity index (χ0n) is 16.8. The number of likely N-dealkylation sites (N-methyl/N-ethyl adjacent to an activating group) is 1. The van der Waals surface area contributed by atoms with Crippen LogP contribution in [0.3, 0.4) is 0 Å². The van der Waals surface area contributed by atoms with Gasteiger partial charge in [0.1, 0.15) is 17.8 Å². The van der Waals surface area contributed by atoms with Crippen molar-refractivity contribution >= 4 is 11.7 Å². The summed E-state index contributed by atoms with van der Waals surface area (Å²) in [6.45, 7) is 0. The van der Waals surface area contributed by atoms with Crippen LogP contribution in [-0.4, -0.2) is 34.1 Å². The third-order valence-corrected chi connectivity index (χ3v) is 5.83. The van der Waals surface area contributed by atoms with E-state index in [1.54, 1.807) is 31.4 Å². The number of aliphatic hydroxyl groups is 1. The molecule has 4 atom stereocenters. The number of benzene rings is 1. The predicted molar refractivity (Wildman–Crippen MR) is 111 cm³/mol. The van der Waals surface area contributed by atoms with Gasteiger partial charge in [-0.05, 0) is 48.1 Å². The van der Waals surface area contributed by atoms with E-state index in [1.165, 1.54) is 29.3 Å². The lowest BCUT2D eigenvalue weighted by Crippen LogP contribution is -2.47. The minimum Gasteiger partial charge on any atom is -0.454 e. The maximum atomic E-state index is 13.9. The van der Waals surface area contributed by atoms with Gasteiger partial charge in [-0.2, -0.15) is 0 Å². The van der Waals surface area contributed by atoms with Crippen molar-refractivity contribution < 1.29 is 19.0 Å². The highest BCUT2D eigenvalue weighted by atomic mass is 19.1. The molecule has 1 aromatic carbocycles. The van der Waals surface area contributed by atoms with E-state index in [2.05, 4.69) is 15.3 Å². The molecule has 5 rings (SSSR count). The van der Waals surface area contributed by atoms with Crippen LogP contribution in [0.2, 0.25) is 0 Å². The van der Waals surface area contributed by atoms with Crippen LogP contribution in [0, 0.1) is 11.7 Å². The molecule has 1 saturated carbocycles. The van der Waals surface area contributed by atoms with Crippen molar-refractivity contribution in [3.8, 4) is 11.5 Å². The monoisotopic (exact) mass is 420 g/mol. The van der Waals surface area contributed by atoms with Crippen molar-refractivity contribution in [2.45, 2.75) is 24.6 Å². The number of hydrogen-bond donors (Lipinski definition) is 2. The molecule has 1 amide bonds. The van der Waals surface area contributed by atoms with E-state index in [0.717, 1.165) is 12.0 Å². The van der Waals surface area contributed by atoms with Crippen LogP contribution in [0.15, 0.2) is 60.9 Å². The van der Waals surface area contributed by atoms with Crippen molar-refractivity contribution in [1.29, 1.82) is 0 Å². The standard InChI is InChI=1S/C23H21FN4O3/c1-28-21-14(5-4-9-26-21)15-12-16(15)20(23(28)30)27-22(29)18-11-13(8-10-25-18)31-19-7-3-2-6-17(19)24/h2-11,15-16,20,22,27,29H,12H2,1H3/t15-,16-,20-,22?/m0/s1. The number of halogens is 1. The largest absolute Gasteiger partial charge is 0.454 e. The minimum absolute atomic E-state index is 0.0768. The zero-order chi connectivity index (χ0) is 21.5. The van der Waals surface area contributed by atoms with Gasteiger partial charge in [-0.15, -0.1) is 0 Å². The number of pyridine rings is 2. The number of nitrogens with zero attached hydrogens (tertiary/aromatic N) is 3. The Bertz CT molecular complexity index is 1140. The number of ether oxygens (including phenoxy) is 1. The Kier molecular flexibility index (Phi) is 4.88. The van der Waals surface area contributed by atoms with Gasteiger partial charge in [0, 0.05) is 25.5 Å². The Morgan fingerprint density at radius 1 is 1.19 bits per heavy atom. The Morgan fingerprint density at radius 2 is 2.03 bits per heavy atom. The second kappa shape index (κ2) is 7.72. The van der Waals surface area contributed by atoms with E-state index in [-0.39, 0.29) is 29.2 Å². The molecule has 31 heavy (non-hydrogen) atoms. The minimum atomic E-state index is -1.19. The molecule has 3 aromatic rings. The normalized spacial score (nSPS) is 22.9. The number of aliphatic hydroxyl groups excluding tert-OH is 1. The molecule has 0 saturated heterocycles. The molecule has 1 fully saturated rings. The lowest BCUT2D eigenvalue weighted by atomic mass is 10.1. The summed E-state index contributed by atoms with van der Waals surface area (Å²) in [7, 11) is 1.70. The molecule has 1 aliphatic carbocycles. The van der Waals surface area contributed by atoms with Crippen LogP contribution in [-0.2, 0) is 4.79 Å². The number of amides is 1. The van der Waals surface area contributed by atoms with E-state index < -0.39 is 18.1 Å². The van der Waals surface area contributed by atoms with Gasteiger partial charge < -0.3 is 9.84 Å². The number of anilines is 1. The quantitative estimate of drug-likeness (QED) is 0.617. The molecule has 2 aliphatic rings. The molecule has 1 unspecified atom stereocenters. The molecular formula is C23H21FN4O3. The maximum Gasteiger partial charge on any atom is 0.245 e. The summed E-state index contributed by atoms with van der Waals surface area (Å²) >= 11 is 0. The SMILES string of the molecule is CN1C(=O)[C@@H](NC(O)c2cc(Oc3ccccc3F)ccn2)[C@H]2C[C@H]2c2cccnc21. The van der Waals surface area contributed by atoms with Crippen LogP contribution >= 0.6 is 0 Å². The second-order valence-electron chi connectivity index (χ2n) is 7.82. The van der Waals surface area contributed by atoms with Crippen LogP contribution in [0.1, 0.15) is 29.8 Å². The fourth-order valence-electron chi connectivity index (χ4n) is 4.16. The lowest BCUT2D eigenvalue weighted by molar-refractivity contribution is -0.121. The topological polar surface area (TPSA) is 87.6 Å². The highest BCUT2D eigenvalue weighted by Crippen LogP contribution is 2.54. The molecule has 0 radical (unpaired) electrons. The van der Waals surface area contributed by atoms with Crippen LogP contribution in [0.5, 0.6) is 11.5 Å². The number of rotatable bonds is 5. The summed E-state index contributed by atoms with van der Waals surface area (Å²) in [4.78, 5) is 23.2. The smallest absolute Gasteiger partial charge is 0.245 e. The predicted octanol–water partition coefficient (Wildman–Crippen LogP) is 3.14. The third kappa shape index (κ3) is 3.64. The van der Waals surface area contributed by atoms with Gasteiger partial charge in [-0.3, -0.25) is 20.0 Å². The summed E-state index contributed by atoms with van der Waals surface area (Å²) in [5, 5.41) is 13.8. The first-order valence-corrected chi connectivity index (χ1v) is 10.1. The highest BCUT2D eigenvalue weighted by molar-refractivity contribution is 5.98. The summed E-state index contributed by atoms with van der Waals surface area (Å²) in [5.74, 6) is 0.744. The number of carbonyl (C=O) groups is 1. The maximum absolute atomic E-state index is 13.9. The van der Waals surface area contributed by atoms with E-state index in [4.69, 9.17) is 4.74 Å². The molecule has 2 aromatic heterocycles. The average molecular weight is 420 g/mol. The van der Waals surface area contributed by atoms with Gasteiger partial charge in [-0.1, -0.05) is 18.2 Å². The van der Waals surface area contributed by atoms with Gasteiger partial charge in [-0.25, -0.2) is 9.37 Å². The van der Waals surface area contributed by atoms with Crippen molar-refractivity contribution in [2.24, 2.45) is 5.92 Å². The zero-order valence-corrected chi connectivity index (χ0v) is 16.8. The highest BCUT2D eigenvalue weighted by Gasteiger charge is 2.52. The molecule has 3 heterocycles. The van der Waals surface area contributed by atoms with Gasteiger partial charge in [0.25, 0.3) is 0 Å². The Labute approximate surface area is 178 Å². The lowest BCUT2D eigenvalue weighted by Gasteiger charge is -2.25. The van der Waals surface area contributed by atoms with Crippen molar-refractivity contribution in [2.75, 3.05) is 11.9 Å². The van der Waals surface area contributed by atoms with E-state index in [0.29, 0.717) is 11.6 Å². The van der Waals surface area contributed by atoms with Crippen molar-refractivity contribution in [3.05, 3.63) is 78.0 Å². The molecule has 0 bridgehead atoms. The van der Waals surface area contributed by atoms with Crippen molar-refractivity contribution in [3.63, 3.8) is 0 Å². The van der Waals surface area contributed by atoms with Crippen LogP contribution in [0.25, 0.3) is 0 Å². The number of para-hydroxylation sites is 1. The van der Waals surface area contributed by atoms with Gasteiger partial charge in [0.15, 0.2) is 11.6 Å². The summed E-state index contributed by atoms with van der Waals surface area (Å²) in [6, 6.07) is 12.5. The number of carbonyl (C=O) groups excluding carboxylic acids is 1. The molecule has 8 heteroatoms. The number of hydrogen-bond acceptors (Lipinski definition) is 6. The Morgan fingerprint density at radius 3 is 2.87 bits per heavy atom. The van der Waals surface area contributed by atoms with E-state index >= 15 is 0 Å². The molecule has 2 N–H and O–H groups in total. The summed E-state index contributed by atoms with van der Waals surface area (Å²) in [6.07, 6.45) is 2.80. The first-order valence-electron chi connectivity index (χ1n) is 10.1. The van der Waals surface area contributed by atoms with Crippen LogP contribution in [0.4, 0.5) is 10.2 Å². The van der Waals surface area contributed by atoms with Crippen LogP contribution < -0.4 is 15.0 Å². The van der Waals surface area contributed by atoms with Gasteiger partial charge in [0.05, 0.1) is 11.7 Å². The van der Waals surface area contributed by atoms with Gasteiger partial charge >= 0.3 is 0 Å². The van der Waals surface area contributed by atoms with E-state index in [9.17, 15) is 14.3 Å². The fourth-order valence-corrected chi connectivity index (χ4v) is 4.16. The summed E-state index contributed by atoms with van der Waals surface area (Å²) < 4.78 is 19.5. The first kappa shape index (κ1) is 19.6. The molecule has 1 aliphatic heterocycles. The second-order valence-corrected chi connectivity index (χ2v) is 7.82. The number of fused-ring (bicyclic) bond motifs is 3. The average Bonchev–Trinajstić information content (AvgIpc) is 3.59. The molecule has 7 nitrogen and oxygen atoms in total. The van der Waals surface area contributed by atoms with E-state index in [1.807, 2.05) is 12.1 Å². The summed E-state index contributed by atoms with van der Waals surface area (Å²) in [5.41, 5.74) is 1.34. The molecule has 158 valence electrons. The molecule has 0 spiro atoms. The fraction of sp³-hybridized carbons (Fsp3) is 0.261. The number of nitrogens with one attached hydrogen (secondary N) is 1. The Hall–Kier alpha value is -3.36. The number of aromatic nitrogens is 2. The first-order chi connectivity index (χ1) is 15.0. The van der Waals surface area contributed by atoms with Gasteiger partial charge in [0.2, 0.25) is 5.91 Å². The van der Waals surface area contributed by atoms with Crippen molar-refractivity contribution in [1.82, 2.24) is 15.3 Å². The third-order valence-electron chi connectivity index (χ3n) is 5.83. The Balaban J connectivity index is 1.35.